The van der Waals surface area contributed by atoms with Crippen molar-refractivity contribution in [3.8, 4) is 0 Å². The molecule has 0 N–H and O–H groups in total. The molecule has 27 heavy (non-hydrogen) atoms. The Kier molecular flexibility index (Phi) is 12.0. The Labute approximate surface area is 173 Å². The monoisotopic (exact) mass is 454 g/mol. The molecular formula is C18H46O5Si4. The summed E-state index contributed by atoms with van der Waals surface area (Å²) >= 11 is 0. The lowest BCUT2D eigenvalue weighted by Crippen LogP contribution is -2.56. The SMILES string of the molecule is CC(C)COCCOCCC[Si](C)(O[Si](C)(C)C)O[Si](C)(C)O[Si](C)(C)C. The van der Waals surface area contributed by atoms with Gasteiger partial charge in [-0.3, -0.25) is 0 Å². The fourth-order valence-corrected chi connectivity index (χ4v) is 21.0. The van der Waals surface area contributed by atoms with E-state index in [4.69, 9.17) is 21.8 Å². The second kappa shape index (κ2) is 11.8. The Morgan fingerprint density at radius 2 is 1.15 bits per heavy atom. The molecular weight excluding hydrogens is 409 g/mol. The van der Waals surface area contributed by atoms with E-state index in [9.17, 15) is 0 Å². The summed E-state index contributed by atoms with van der Waals surface area (Å²) in [5.41, 5.74) is 0. The van der Waals surface area contributed by atoms with Crippen LogP contribution in [0.3, 0.4) is 0 Å². The third kappa shape index (κ3) is 17.3. The van der Waals surface area contributed by atoms with Crippen LogP contribution in [0.1, 0.15) is 20.3 Å². The molecule has 9 heteroatoms. The van der Waals surface area contributed by atoms with Crippen LogP contribution >= 0.6 is 0 Å². The minimum atomic E-state index is -2.30. The first kappa shape index (κ1) is 27.7. The van der Waals surface area contributed by atoms with Crippen molar-refractivity contribution >= 4 is 33.8 Å². The summed E-state index contributed by atoms with van der Waals surface area (Å²) in [6.07, 6.45) is 0.953. The summed E-state index contributed by atoms with van der Waals surface area (Å²) in [7, 11) is -7.85. The highest BCUT2D eigenvalue weighted by molar-refractivity contribution is 6.89. The molecule has 0 aromatic rings. The molecule has 0 aliphatic rings. The first-order valence-corrected chi connectivity index (χ1v) is 22.5. The molecule has 0 aromatic heterocycles. The standard InChI is InChI=1S/C18H46O5Si4/c1-18(2)17-20-15-14-19-13-12-16-27(11,22-25(6,7)8)23-26(9,10)21-24(3,4)5/h18H,12-17H2,1-11H3. The molecule has 0 spiro atoms. The van der Waals surface area contributed by atoms with Gasteiger partial charge in [0.2, 0.25) is 0 Å². The Balaban J connectivity index is 4.54. The normalized spacial score (nSPS) is 16.0. The maximum atomic E-state index is 6.67. The lowest BCUT2D eigenvalue weighted by Gasteiger charge is -2.41. The maximum Gasteiger partial charge on any atom is 0.315 e. The van der Waals surface area contributed by atoms with Gasteiger partial charge in [-0.15, -0.1) is 0 Å². The van der Waals surface area contributed by atoms with Crippen LogP contribution in [0.25, 0.3) is 0 Å². The maximum absolute atomic E-state index is 6.67. The average molecular weight is 455 g/mol. The van der Waals surface area contributed by atoms with Crippen molar-refractivity contribution in [3.63, 3.8) is 0 Å². The summed E-state index contributed by atoms with van der Waals surface area (Å²) in [6.45, 7) is 27.0. The smallest absolute Gasteiger partial charge is 0.315 e. The van der Waals surface area contributed by atoms with Gasteiger partial charge in [-0.25, -0.2) is 0 Å². The van der Waals surface area contributed by atoms with Crippen molar-refractivity contribution in [3.05, 3.63) is 0 Å². The largest absolute Gasteiger partial charge is 0.437 e. The highest BCUT2D eigenvalue weighted by Gasteiger charge is 2.44. The van der Waals surface area contributed by atoms with Crippen LogP contribution in [-0.4, -0.2) is 60.2 Å². The number of rotatable bonds is 15. The molecule has 0 aromatic carbocycles. The summed E-state index contributed by atoms with van der Waals surface area (Å²) in [5, 5.41) is 0. The minimum absolute atomic E-state index is 0.568. The summed E-state index contributed by atoms with van der Waals surface area (Å²) in [6, 6.07) is 0.940. The summed E-state index contributed by atoms with van der Waals surface area (Å²) in [4.78, 5) is 0. The highest BCUT2D eigenvalue weighted by Crippen LogP contribution is 2.27. The van der Waals surface area contributed by atoms with E-state index in [-0.39, 0.29) is 0 Å². The Morgan fingerprint density at radius 1 is 0.630 bits per heavy atom. The third-order valence-electron chi connectivity index (χ3n) is 3.28. The van der Waals surface area contributed by atoms with Gasteiger partial charge in [0.25, 0.3) is 0 Å². The van der Waals surface area contributed by atoms with E-state index in [0.717, 1.165) is 25.7 Å². The first-order valence-electron chi connectivity index (χ1n) is 10.3. The lowest BCUT2D eigenvalue weighted by molar-refractivity contribution is 0.0376. The quantitative estimate of drug-likeness (QED) is 0.239. The molecule has 1 unspecified atom stereocenters. The van der Waals surface area contributed by atoms with Crippen LogP contribution in [0, 0.1) is 5.92 Å². The van der Waals surface area contributed by atoms with Crippen molar-refractivity contribution in [1.82, 2.24) is 0 Å². The van der Waals surface area contributed by atoms with Crippen LogP contribution in [-0.2, 0) is 21.8 Å². The summed E-state index contributed by atoms with van der Waals surface area (Å²) in [5.74, 6) is 0.568. The van der Waals surface area contributed by atoms with E-state index in [1.807, 2.05) is 0 Å². The molecule has 1 atom stereocenters. The van der Waals surface area contributed by atoms with E-state index in [2.05, 4.69) is 72.8 Å². The first-order chi connectivity index (χ1) is 12.0. The number of ether oxygens (including phenoxy) is 2. The molecule has 0 bridgehead atoms. The van der Waals surface area contributed by atoms with Crippen molar-refractivity contribution in [1.29, 1.82) is 0 Å². The van der Waals surface area contributed by atoms with E-state index in [0.29, 0.717) is 19.1 Å². The zero-order valence-electron chi connectivity index (χ0n) is 19.9. The predicted octanol–water partition coefficient (Wildman–Crippen LogP) is 5.56. The van der Waals surface area contributed by atoms with Gasteiger partial charge in [-0.2, -0.15) is 0 Å². The van der Waals surface area contributed by atoms with Gasteiger partial charge in [0, 0.05) is 13.2 Å². The van der Waals surface area contributed by atoms with Gasteiger partial charge in [0.15, 0.2) is 16.6 Å². The van der Waals surface area contributed by atoms with Crippen LogP contribution in [0.2, 0.25) is 65.0 Å². The second-order valence-corrected chi connectivity index (χ2v) is 26.7. The van der Waals surface area contributed by atoms with Crippen molar-refractivity contribution in [2.45, 2.75) is 85.2 Å². The van der Waals surface area contributed by atoms with Gasteiger partial charge < -0.3 is 21.8 Å². The molecule has 0 rings (SSSR count). The minimum Gasteiger partial charge on any atom is -0.437 e. The molecule has 0 heterocycles. The molecule has 164 valence electrons. The van der Waals surface area contributed by atoms with E-state index in [1.54, 1.807) is 0 Å². The Morgan fingerprint density at radius 3 is 1.63 bits per heavy atom. The van der Waals surface area contributed by atoms with Gasteiger partial charge in [-0.1, -0.05) is 13.8 Å². The van der Waals surface area contributed by atoms with Crippen molar-refractivity contribution in [2.75, 3.05) is 26.4 Å². The molecule has 0 saturated heterocycles. The molecule has 0 aliphatic carbocycles. The number of hydrogen-bond acceptors (Lipinski definition) is 5. The Bertz CT molecular complexity index is 408. The molecule has 0 aliphatic heterocycles. The van der Waals surface area contributed by atoms with Crippen molar-refractivity contribution in [2.24, 2.45) is 5.92 Å². The van der Waals surface area contributed by atoms with Gasteiger partial charge in [0.05, 0.1) is 13.2 Å². The summed E-state index contributed by atoms with van der Waals surface area (Å²) < 4.78 is 31.0. The zero-order chi connectivity index (χ0) is 21.4. The number of hydrogen-bond donors (Lipinski definition) is 0. The zero-order valence-corrected chi connectivity index (χ0v) is 23.9. The fourth-order valence-electron chi connectivity index (χ4n) is 3.08. The highest BCUT2D eigenvalue weighted by atomic mass is 28.5. The Hall–Kier alpha value is 0.668. The molecule has 0 radical (unpaired) electrons. The van der Waals surface area contributed by atoms with Crippen LogP contribution in [0.15, 0.2) is 0 Å². The topological polar surface area (TPSA) is 46.2 Å². The molecule has 5 nitrogen and oxygen atoms in total. The molecule has 0 amide bonds. The van der Waals surface area contributed by atoms with E-state index < -0.39 is 33.8 Å². The average Bonchev–Trinajstić information content (AvgIpc) is 2.35. The van der Waals surface area contributed by atoms with Crippen LogP contribution in [0.4, 0.5) is 0 Å². The van der Waals surface area contributed by atoms with Gasteiger partial charge in [-0.05, 0) is 77.3 Å². The van der Waals surface area contributed by atoms with Crippen LogP contribution in [0.5, 0.6) is 0 Å². The molecule has 0 fully saturated rings. The van der Waals surface area contributed by atoms with Crippen LogP contribution < -0.4 is 0 Å². The second-order valence-electron chi connectivity index (χ2n) is 10.2. The predicted molar refractivity (Wildman–Crippen MR) is 125 cm³/mol. The third-order valence-corrected chi connectivity index (χ3v) is 16.8. The van der Waals surface area contributed by atoms with Crippen molar-refractivity contribution < 1.29 is 21.8 Å². The fraction of sp³-hybridized carbons (Fsp3) is 1.00. The van der Waals surface area contributed by atoms with Gasteiger partial charge in [0.1, 0.15) is 0 Å². The van der Waals surface area contributed by atoms with Gasteiger partial charge >= 0.3 is 17.1 Å². The lowest BCUT2D eigenvalue weighted by atomic mass is 10.2. The van der Waals surface area contributed by atoms with E-state index in [1.165, 1.54) is 0 Å². The molecule has 0 saturated carbocycles. The van der Waals surface area contributed by atoms with E-state index >= 15 is 0 Å².